The summed E-state index contributed by atoms with van der Waals surface area (Å²) in [5, 5.41) is 2.90. The van der Waals surface area contributed by atoms with Crippen LogP contribution in [0.15, 0.2) is 35.2 Å². The summed E-state index contributed by atoms with van der Waals surface area (Å²) in [5.74, 6) is -1.89. The molecule has 0 bridgehead atoms. The van der Waals surface area contributed by atoms with E-state index in [4.69, 9.17) is 14.2 Å². The van der Waals surface area contributed by atoms with E-state index in [0.717, 1.165) is 25.7 Å². The van der Waals surface area contributed by atoms with Crippen molar-refractivity contribution in [3.8, 4) is 0 Å². The lowest BCUT2D eigenvalue weighted by atomic mass is 9.92. The number of ether oxygens (including phenoxy) is 3. The number of alkyl carbamates (subject to hydrolysis) is 1. The van der Waals surface area contributed by atoms with E-state index in [1.54, 1.807) is 18.2 Å². The molecule has 1 amide bonds. The first-order chi connectivity index (χ1) is 21.4. The van der Waals surface area contributed by atoms with Gasteiger partial charge in [0.2, 0.25) is 10.0 Å². The van der Waals surface area contributed by atoms with Crippen LogP contribution in [0.4, 0.5) is 4.79 Å². The maximum absolute atomic E-state index is 13.8. The highest BCUT2D eigenvalue weighted by Gasteiger charge is 2.39. The lowest BCUT2D eigenvalue weighted by Gasteiger charge is -2.31. The predicted octanol–water partition coefficient (Wildman–Crippen LogP) is 5.07. The number of ketones is 1. The van der Waals surface area contributed by atoms with Crippen LogP contribution in [0, 0.1) is 17.8 Å². The van der Waals surface area contributed by atoms with Crippen molar-refractivity contribution in [1.29, 1.82) is 0 Å². The van der Waals surface area contributed by atoms with Gasteiger partial charge in [-0.1, -0.05) is 64.7 Å². The van der Waals surface area contributed by atoms with Crippen LogP contribution < -0.4 is 10.0 Å². The number of amides is 1. The average Bonchev–Trinajstić information content (AvgIpc) is 3.46. The van der Waals surface area contributed by atoms with E-state index >= 15 is 0 Å². The summed E-state index contributed by atoms with van der Waals surface area (Å²) in [6, 6.07) is 8.03. The molecule has 2 N–H and O–H groups in total. The van der Waals surface area contributed by atoms with Gasteiger partial charge >= 0.3 is 18.0 Å². The second kappa shape index (κ2) is 17.6. The van der Waals surface area contributed by atoms with Gasteiger partial charge in [0.05, 0.1) is 28.9 Å². The summed E-state index contributed by atoms with van der Waals surface area (Å²) < 4.78 is 45.1. The number of carbonyl (C=O) groups is 4. The Kier molecular flexibility index (Phi) is 14.3. The van der Waals surface area contributed by atoms with Crippen LogP contribution in [0.25, 0.3) is 0 Å². The Hall–Kier alpha value is -2.99. The van der Waals surface area contributed by atoms with Crippen LogP contribution in [0.5, 0.6) is 0 Å². The summed E-state index contributed by atoms with van der Waals surface area (Å²) in [4.78, 5) is 51.9. The average molecular weight is 651 g/mol. The summed E-state index contributed by atoms with van der Waals surface area (Å²) >= 11 is 0. The van der Waals surface area contributed by atoms with Crippen LogP contribution in [0.3, 0.4) is 0 Å². The molecular formula is C33H50N2O9S. The smallest absolute Gasteiger partial charge is 0.408 e. The van der Waals surface area contributed by atoms with Gasteiger partial charge in [0.15, 0.2) is 11.9 Å². The van der Waals surface area contributed by atoms with Crippen LogP contribution in [-0.2, 0) is 38.6 Å². The Labute approximate surface area is 267 Å². The highest BCUT2D eigenvalue weighted by Crippen LogP contribution is 2.30. The van der Waals surface area contributed by atoms with Crippen LogP contribution in [-0.4, -0.2) is 63.6 Å². The third-order valence-corrected chi connectivity index (χ3v) is 9.94. The van der Waals surface area contributed by atoms with Gasteiger partial charge in [0, 0.05) is 13.0 Å². The number of cyclic esters (lactones) is 1. The fourth-order valence-corrected chi connectivity index (χ4v) is 6.97. The summed E-state index contributed by atoms with van der Waals surface area (Å²) in [6.45, 7) is 5.61. The molecule has 1 saturated carbocycles. The molecule has 1 aliphatic heterocycles. The normalized spacial score (nSPS) is 23.5. The van der Waals surface area contributed by atoms with Gasteiger partial charge in [-0.2, -0.15) is 0 Å². The van der Waals surface area contributed by atoms with Crippen LogP contribution in [0.2, 0.25) is 0 Å². The summed E-state index contributed by atoms with van der Waals surface area (Å²) in [6.07, 6.45) is 4.80. The SMILES string of the molecule is CC(C)CC(=O)OCC1CCCOC(=O)C(C)CCCCCC(OC(=O)NC2(CNS(=O)(=O)c3ccccc3)CCCC2)C1=O. The minimum Gasteiger partial charge on any atom is -0.465 e. The van der Waals surface area contributed by atoms with E-state index in [9.17, 15) is 27.6 Å². The van der Waals surface area contributed by atoms with Gasteiger partial charge in [0.25, 0.3) is 0 Å². The first-order valence-corrected chi connectivity index (χ1v) is 17.8. The number of rotatable bonds is 10. The molecule has 2 aliphatic rings. The topological polar surface area (TPSA) is 154 Å². The molecule has 3 atom stereocenters. The Morgan fingerprint density at radius 2 is 1.67 bits per heavy atom. The zero-order valence-electron chi connectivity index (χ0n) is 26.9. The monoisotopic (exact) mass is 650 g/mol. The Morgan fingerprint density at radius 3 is 2.36 bits per heavy atom. The largest absolute Gasteiger partial charge is 0.465 e. The number of benzene rings is 1. The molecule has 252 valence electrons. The number of nitrogens with one attached hydrogen (secondary N) is 2. The lowest BCUT2D eigenvalue weighted by molar-refractivity contribution is -0.149. The third-order valence-electron chi connectivity index (χ3n) is 8.52. The molecule has 0 aromatic heterocycles. The molecule has 1 aliphatic carbocycles. The fraction of sp³-hybridized carbons (Fsp3) is 0.697. The van der Waals surface area contributed by atoms with Gasteiger partial charge in [0.1, 0.15) is 6.61 Å². The molecule has 1 aromatic rings. The van der Waals surface area contributed by atoms with Crippen molar-refractivity contribution in [3.05, 3.63) is 30.3 Å². The summed E-state index contributed by atoms with van der Waals surface area (Å²) in [5.41, 5.74) is -0.852. The van der Waals surface area contributed by atoms with Crippen molar-refractivity contribution in [1.82, 2.24) is 10.0 Å². The van der Waals surface area contributed by atoms with E-state index in [0.29, 0.717) is 38.5 Å². The summed E-state index contributed by atoms with van der Waals surface area (Å²) in [7, 11) is -3.79. The van der Waals surface area contributed by atoms with E-state index in [1.807, 2.05) is 20.8 Å². The van der Waals surface area contributed by atoms with Crippen molar-refractivity contribution in [2.45, 2.75) is 114 Å². The number of hydrogen-bond donors (Lipinski definition) is 2. The van der Waals surface area contributed by atoms with E-state index < -0.39 is 39.6 Å². The molecule has 11 nitrogen and oxygen atoms in total. The lowest BCUT2D eigenvalue weighted by Crippen LogP contribution is -2.54. The van der Waals surface area contributed by atoms with E-state index in [1.165, 1.54) is 12.1 Å². The van der Waals surface area contributed by atoms with Gasteiger partial charge < -0.3 is 19.5 Å². The maximum Gasteiger partial charge on any atom is 0.408 e. The molecule has 45 heavy (non-hydrogen) atoms. The molecule has 1 saturated heterocycles. The maximum atomic E-state index is 13.8. The molecule has 3 unspecified atom stereocenters. The molecule has 0 radical (unpaired) electrons. The van der Waals surface area contributed by atoms with Crippen molar-refractivity contribution >= 4 is 33.8 Å². The number of esters is 2. The van der Waals surface area contributed by atoms with Crippen molar-refractivity contribution in [3.63, 3.8) is 0 Å². The zero-order valence-corrected chi connectivity index (χ0v) is 27.7. The molecule has 0 spiro atoms. The molecule has 1 aromatic carbocycles. The van der Waals surface area contributed by atoms with Crippen molar-refractivity contribution in [2.75, 3.05) is 19.8 Å². The Bertz CT molecular complexity index is 1230. The Morgan fingerprint density at radius 1 is 0.978 bits per heavy atom. The van der Waals surface area contributed by atoms with E-state index in [-0.39, 0.29) is 61.1 Å². The second-order valence-corrected chi connectivity index (χ2v) is 14.6. The Balaban J connectivity index is 1.72. The second-order valence-electron chi connectivity index (χ2n) is 12.9. The van der Waals surface area contributed by atoms with Crippen LogP contribution >= 0.6 is 0 Å². The minimum atomic E-state index is -3.79. The number of sulfonamides is 1. The highest BCUT2D eigenvalue weighted by atomic mass is 32.2. The molecule has 1 heterocycles. The highest BCUT2D eigenvalue weighted by molar-refractivity contribution is 7.89. The van der Waals surface area contributed by atoms with Gasteiger partial charge in [-0.25, -0.2) is 17.9 Å². The van der Waals surface area contributed by atoms with Gasteiger partial charge in [-0.3, -0.25) is 14.4 Å². The number of Topliss-reactive ketones (excluding diaryl/α,β-unsaturated/α-hetero) is 1. The van der Waals surface area contributed by atoms with Crippen molar-refractivity contribution < 1.29 is 41.8 Å². The van der Waals surface area contributed by atoms with Crippen molar-refractivity contribution in [2.24, 2.45) is 17.8 Å². The quantitative estimate of drug-likeness (QED) is 0.261. The minimum absolute atomic E-state index is 0.0106. The first-order valence-electron chi connectivity index (χ1n) is 16.3. The molecular weight excluding hydrogens is 600 g/mol. The zero-order chi connectivity index (χ0) is 32.9. The first kappa shape index (κ1) is 36.5. The third kappa shape index (κ3) is 12.0. The van der Waals surface area contributed by atoms with Crippen LogP contribution in [0.1, 0.15) is 97.8 Å². The number of carbonyl (C=O) groups excluding carboxylic acids is 4. The number of hydrogen-bond acceptors (Lipinski definition) is 9. The molecule has 3 rings (SSSR count). The van der Waals surface area contributed by atoms with E-state index in [2.05, 4.69) is 10.0 Å². The molecule has 12 heteroatoms. The van der Waals surface area contributed by atoms with Gasteiger partial charge in [-0.15, -0.1) is 0 Å². The van der Waals surface area contributed by atoms with Gasteiger partial charge in [-0.05, 0) is 63.0 Å². The predicted molar refractivity (Wildman–Crippen MR) is 168 cm³/mol. The molecule has 2 fully saturated rings. The standard InChI is InChI=1S/C33H50N2O9S/c1-24(2)21-29(36)43-22-26-14-12-20-42-31(38)25(3)13-6-4-9-17-28(30(26)37)44-32(39)35-33(18-10-11-19-33)23-34-45(40,41)27-15-7-5-8-16-27/h5,7-8,15-16,24-26,28,34H,4,6,9-14,17-23H2,1-3H3,(H,35,39). The fourth-order valence-electron chi connectivity index (χ4n) is 5.82.